The number of phenols is 1. The van der Waals surface area contributed by atoms with Crippen LogP contribution in [-0.4, -0.2) is 46.6 Å². The number of fused-ring (bicyclic) bond motifs is 1. The first-order valence-electron chi connectivity index (χ1n) is 9.06. The number of aromatic amines is 1. The molecule has 0 spiro atoms. The molecule has 1 amide bonds. The Kier molecular flexibility index (Phi) is 4.63. The third-order valence-electron chi connectivity index (χ3n) is 5.12. The van der Waals surface area contributed by atoms with Gasteiger partial charge in [-0.2, -0.15) is 0 Å². The summed E-state index contributed by atoms with van der Waals surface area (Å²) in [6.45, 7) is 2.12. The summed E-state index contributed by atoms with van der Waals surface area (Å²) in [5.74, 6) is 0.433. The minimum Gasteiger partial charge on any atom is -0.508 e. The Morgan fingerprint density at radius 1 is 1.08 bits per heavy atom. The van der Waals surface area contributed by atoms with Crippen LogP contribution in [0.3, 0.4) is 0 Å². The number of aromatic nitrogens is 1. The van der Waals surface area contributed by atoms with Gasteiger partial charge in [-0.3, -0.25) is 4.79 Å². The molecule has 2 heterocycles. The maximum atomic E-state index is 12.9. The molecule has 0 bridgehead atoms. The highest BCUT2D eigenvalue weighted by Gasteiger charge is 2.28. The second-order valence-corrected chi connectivity index (χ2v) is 6.77. The Balaban J connectivity index is 1.43. The van der Waals surface area contributed by atoms with Gasteiger partial charge in [0.25, 0.3) is 0 Å². The Bertz CT molecular complexity index is 918. The third-order valence-corrected chi connectivity index (χ3v) is 5.12. The largest absolute Gasteiger partial charge is 0.508 e. The summed E-state index contributed by atoms with van der Waals surface area (Å²) in [5.41, 5.74) is 3.14. The molecule has 134 valence electrons. The molecule has 2 aromatic carbocycles. The number of piperazine rings is 1. The van der Waals surface area contributed by atoms with Crippen LogP contribution in [0.25, 0.3) is 10.9 Å². The molecule has 1 atom stereocenters. The van der Waals surface area contributed by atoms with Gasteiger partial charge in [0.05, 0.1) is 6.04 Å². The Morgan fingerprint density at radius 3 is 2.77 bits per heavy atom. The van der Waals surface area contributed by atoms with Crippen LogP contribution < -0.4 is 5.32 Å². The fraction of sp³-hybridized carbons (Fsp3) is 0.286. The summed E-state index contributed by atoms with van der Waals surface area (Å²) in [6, 6.07) is 15.3. The van der Waals surface area contributed by atoms with Gasteiger partial charge in [0.2, 0.25) is 5.91 Å². The van der Waals surface area contributed by atoms with Crippen LogP contribution in [0.2, 0.25) is 0 Å². The first-order chi connectivity index (χ1) is 12.7. The molecular formula is C21H23N3O2. The number of nitrogens with zero attached hydrogens (tertiary/aromatic N) is 1. The number of aromatic hydroxyl groups is 1. The van der Waals surface area contributed by atoms with Crippen molar-refractivity contribution in [2.24, 2.45) is 0 Å². The van der Waals surface area contributed by atoms with Crippen molar-refractivity contribution in [1.82, 2.24) is 15.2 Å². The van der Waals surface area contributed by atoms with Gasteiger partial charge in [0.1, 0.15) is 5.75 Å². The minimum absolute atomic E-state index is 0.136. The van der Waals surface area contributed by atoms with E-state index in [1.165, 1.54) is 5.39 Å². The van der Waals surface area contributed by atoms with E-state index in [1.807, 2.05) is 47.5 Å². The van der Waals surface area contributed by atoms with E-state index in [1.54, 1.807) is 6.07 Å². The van der Waals surface area contributed by atoms with Crippen LogP contribution in [0, 0.1) is 0 Å². The normalized spacial score (nSPS) is 17.8. The van der Waals surface area contributed by atoms with E-state index in [9.17, 15) is 9.90 Å². The highest BCUT2D eigenvalue weighted by molar-refractivity contribution is 5.86. The first-order valence-corrected chi connectivity index (χ1v) is 9.06. The molecule has 0 saturated carbocycles. The monoisotopic (exact) mass is 349 g/mol. The molecule has 5 nitrogen and oxygen atoms in total. The predicted octanol–water partition coefficient (Wildman–Crippen LogP) is 2.46. The number of phenolic OH excluding ortho intramolecular Hbond substituents is 1. The number of hydrogen-bond donors (Lipinski definition) is 3. The van der Waals surface area contributed by atoms with Crippen molar-refractivity contribution in [2.75, 3.05) is 19.6 Å². The average Bonchev–Trinajstić information content (AvgIpc) is 3.07. The van der Waals surface area contributed by atoms with Crippen molar-refractivity contribution in [3.8, 4) is 5.75 Å². The predicted molar refractivity (Wildman–Crippen MR) is 102 cm³/mol. The Labute approximate surface area is 152 Å². The van der Waals surface area contributed by atoms with E-state index in [2.05, 4.69) is 16.4 Å². The molecule has 1 fully saturated rings. The smallest absolute Gasteiger partial charge is 0.240 e. The van der Waals surface area contributed by atoms with E-state index in [0.717, 1.165) is 23.2 Å². The van der Waals surface area contributed by atoms with Gasteiger partial charge < -0.3 is 20.3 Å². The average molecular weight is 349 g/mol. The molecule has 5 heteroatoms. The maximum absolute atomic E-state index is 12.9. The van der Waals surface area contributed by atoms with Gasteiger partial charge in [-0.15, -0.1) is 0 Å². The summed E-state index contributed by atoms with van der Waals surface area (Å²) in [4.78, 5) is 18.1. The van der Waals surface area contributed by atoms with Crippen LogP contribution in [-0.2, 0) is 17.6 Å². The van der Waals surface area contributed by atoms with Gasteiger partial charge >= 0.3 is 0 Å². The Morgan fingerprint density at radius 2 is 1.88 bits per heavy atom. The van der Waals surface area contributed by atoms with Crippen molar-refractivity contribution < 1.29 is 9.90 Å². The zero-order valence-corrected chi connectivity index (χ0v) is 14.6. The number of para-hydroxylation sites is 2. The lowest BCUT2D eigenvalue weighted by atomic mass is 10.0. The van der Waals surface area contributed by atoms with Gasteiger partial charge in [-0.1, -0.05) is 36.4 Å². The summed E-state index contributed by atoms with van der Waals surface area (Å²) in [6.07, 6.45) is 3.34. The highest BCUT2D eigenvalue weighted by atomic mass is 16.3. The number of benzene rings is 2. The summed E-state index contributed by atoms with van der Waals surface area (Å²) in [5, 5.41) is 14.4. The van der Waals surface area contributed by atoms with Crippen LogP contribution in [0.5, 0.6) is 5.75 Å². The van der Waals surface area contributed by atoms with Gasteiger partial charge in [-0.25, -0.2) is 0 Å². The van der Waals surface area contributed by atoms with E-state index in [4.69, 9.17) is 0 Å². The summed E-state index contributed by atoms with van der Waals surface area (Å²) < 4.78 is 0. The summed E-state index contributed by atoms with van der Waals surface area (Å²) in [7, 11) is 0. The van der Waals surface area contributed by atoms with E-state index in [-0.39, 0.29) is 11.9 Å². The lowest BCUT2D eigenvalue weighted by molar-refractivity contribution is -0.135. The highest BCUT2D eigenvalue weighted by Crippen LogP contribution is 2.21. The SMILES string of the molecule is O=C1[C@H](Cc2c[nH]c3ccccc23)NCCN1CCc1ccccc1O. The fourth-order valence-electron chi connectivity index (χ4n) is 3.67. The minimum atomic E-state index is -0.202. The quantitative estimate of drug-likeness (QED) is 0.663. The molecule has 0 aliphatic carbocycles. The molecule has 3 N–H and O–H groups in total. The van der Waals surface area contributed by atoms with Gasteiger partial charge in [0.15, 0.2) is 0 Å². The molecular weight excluding hydrogens is 326 g/mol. The molecule has 1 saturated heterocycles. The first kappa shape index (κ1) is 16.7. The van der Waals surface area contributed by atoms with E-state index in [0.29, 0.717) is 31.7 Å². The molecule has 0 unspecified atom stereocenters. The third kappa shape index (κ3) is 3.30. The van der Waals surface area contributed by atoms with Gasteiger partial charge in [0, 0.05) is 36.7 Å². The number of nitrogens with one attached hydrogen (secondary N) is 2. The summed E-state index contributed by atoms with van der Waals surface area (Å²) >= 11 is 0. The number of H-pyrrole nitrogens is 1. The van der Waals surface area contributed by atoms with Crippen molar-refractivity contribution in [1.29, 1.82) is 0 Å². The van der Waals surface area contributed by atoms with Gasteiger partial charge in [-0.05, 0) is 36.1 Å². The van der Waals surface area contributed by atoms with Crippen LogP contribution in [0.15, 0.2) is 54.7 Å². The zero-order valence-electron chi connectivity index (χ0n) is 14.6. The second-order valence-electron chi connectivity index (χ2n) is 6.77. The molecule has 1 aliphatic rings. The standard InChI is InChI=1S/C21H23N3O2/c25-20-8-4-1-5-15(20)9-11-24-12-10-22-19(21(24)26)13-16-14-23-18-7-3-2-6-17(16)18/h1-8,14,19,22-23,25H,9-13H2/t19-/m0/s1. The number of carbonyl (C=O) groups is 1. The molecule has 4 rings (SSSR count). The van der Waals surface area contributed by atoms with Crippen molar-refractivity contribution in [2.45, 2.75) is 18.9 Å². The number of carbonyl (C=O) groups excluding carboxylic acids is 1. The van der Waals surface area contributed by atoms with Crippen LogP contribution in [0.4, 0.5) is 0 Å². The molecule has 3 aromatic rings. The van der Waals surface area contributed by atoms with E-state index >= 15 is 0 Å². The topological polar surface area (TPSA) is 68.4 Å². The number of rotatable bonds is 5. The van der Waals surface area contributed by atoms with Crippen molar-refractivity contribution >= 4 is 16.8 Å². The lowest BCUT2D eigenvalue weighted by Crippen LogP contribution is -2.56. The molecule has 0 radical (unpaired) electrons. The fourth-order valence-corrected chi connectivity index (χ4v) is 3.67. The molecule has 1 aromatic heterocycles. The maximum Gasteiger partial charge on any atom is 0.240 e. The second kappa shape index (κ2) is 7.22. The lowest BCUT2D eigenvalue weighted by Gasteiger charge is -2.33. The molecule has 26 heavy (non-hydrogen) atoms. The number of hydrogen-bond acceptors (Lipinski definition) is 3. The van der Waals surface area contributed by atoms with E-state index < -0.39 is 0 Å². The van der Waals surface area contributed by atoms with Crippen molar-refractivity contribution in [3.05, 3.63) is 65.9 Å². The van der Waals surface area contributed by atoms with Crippen LogP contribution in [0.1, 0.15) is 11.1 Å². The van der Waals surface area contributed by atoms with Crippen molar-refractivity contribution in [3.63, 3.8) is 0 Å². The number of amides is 1. The molecule has 1 aliphatic heterocycles. The zero-order chi connectivity index (χ0) is 17.9. The Hall–Kier alpha value is -2.79. The van der Waals surface area contributed by atoms with Crippen LogP contribution >= 0.6 is 0 Å².